The molecule has 2 N–H and O–H groups in total. The predicted octanol–water partition coefficient (Wildman–Crippen LogP) is 6.44. The first-order chi connectivity index (χ1) is 17.1. The summed E-state index contributed by atoms with van der Waals surface area (Å²) < 4.78 is 0. The number of fused-ring (bicyclic) bond motifs is 2. The van der Waals surface area contributed by atoms with Crippen molar-refractivity contribution in [3.8, 4) is 0 Å². The first-order valence-electron chi connectivity index (χ1n) is 11.0. The van der Waals surface area contributed by atoms with E-state index < -0.39 is 23.3 Å². The molecular weight excluding hydrogens is 546 g/mol. The Labute approximate surface area is 226 Å². The van der Waals surface area contributed by atoms with Gasteiger partial charge in [0.1, 0.15) is 6.04 Å². The monoisotopic (exact) mass is 562 g/mol. The van der Waals surface area contributed by atoms with Crippen molar-refractivity contribution in [2.24, 2.45) is 0 Å². The lowest BCUT2D eigenvalue weighted by Crippen LogP contribution is -2.42. The maximum absolute atomic E-state index is 13.3. The fourth-order valence-corrected chi connectivity index (χ4v) is 5.87. The van der Waals surface area contributed by atoms with Crippen LogP contribution in [0.2, 0.25) is 20.1 Å². The first kappa shape index (κ1) is 24.9. The minimum Gasteiger partial charge on any atom is -0.480 e. The highest BCUT2D eigenvalue weighted by atomic mass is 35.5. The number of carboxylic acids is 1. The lowest BCUT2D eigenvalue weighted by molar-refractivity contribution is -0.139. The largest absolute Gasteiger partial charge is 0.480 e. The van der Waals surface area contributed by atoms with Crippen LogP contribution in [-0.2, 0) is 21.4 Å². The molecule has 1 aliphatic carbocycles. The summed E-state index contributed by atoms with van der Waals surface area (Å²) in [4.78, 5) is 39.6. The highest BCUT2D eigenvalue weighted by Crippen LogP contribution is 2.60. The van der Waals surface area contributed by atoms with E-state index in [4.69, 9.17) is 46.4 Å². The lowest BCUT2D eigenvalue weighted by atomic mass is 9.98. The second-order valence-corrected chi connectivity index (χ2v) is 10.5. The number of carbonyl (C=O) groups excluding carboxylic acids is 2. The van der Waals surface area contributed by atoms with Crippen LogP contribution in [0.4, 0.5) is 11.4 Å². The first-order valence-corrected chi connectivity index (χ1v) is 12.5. The third-order valence-corrected chi connectivity index (χ3v) is 7.68. The molecule has 0 bridgehead atoms. The fourth-order valence-electron chi connectivity index (χ4n) is 4.62. The molecule has 3 aromatic rings. The Bertz CT molecular complexity index is 1400. The van der Waals surface area contributed by atoms with Gasteiger partial charge in [0, 0.05) is 17.1 Å². The topological polar surface area (TPSA) is 86.7 Å². The number of amides is 2. The Kier molecular flexibility index (Phi) is 6.41. The Morgan fingerprint density at radius 2 is 1.61 bits per heavy atom. The molecule has 1 saturated carbocycles. The molecule has 2 aliphatic rings. The maximum atomic E-state index is 13.3. The molecule has 3 aromatic carbocycles. The summed E-state index contributed by atoms with van der Waals surface area (Å²) in [7, 11) is 0. The van der Waals surface area contributed by atoms with Crippen LogP contribution >= 0.6 is 46.4 Å². The molecule has 0 saturated heterocycles. The van der Waals surface area contributed by atoms with Crippen LogP contribution in [0.15, 0.2) is 54.6 Å². The highest BCUT2D eigenvalue weighted by molar-refractivity contribution is 6.42. The van der Waals surface area contributed by atoms with Gasteiger partial charge >= 0.3 is 5.97 Å². The number of halogens is 4. The van der Waals surface area contributed by atoms with Gasteiger partial charge in [-0.1, -0.05) is 70.7 Å². The summed E-state index contributed by atoms with van der Waals surface area (Å²) in [5.41, 5.74) is 2.37. The maximum Gasteiger partial charge on any atom is 0.326 e. The smallest absolute Gasteiger partial charge is 0.326 e. The molecule has 1 spiro atoms. The van der Waals surface area contributed by atoms with E-state index in [2.05, 4.69) is 5.32 Å². The zero-order valence-corrected chi connectivity index (χ0v) is 21.5. The van der Waals surface area contributed by atoms with Crippen molar-refractivity contribution in [1.82, 2.24) is 5.32 Å². The number of anilines is 2. The van der Waals surface area contributed by atoms with Crippen molar-refractivity contribution >= 4 is 75.6 Å². The van der Waals surface area contributed by atoms with Crippen molar-refractivity contribution in [3.05, 3.63) is 91.4 Å². The van der Waals surface area contributed by atoms with Crippen molar-refractivity contribution in [1.29, 1.82) is 0 Å². The van der Waals surface area contributed by atoms with E-state index in [1.807, 2.05) is 12.1 Å². The number of benzene rings is 3. The van der Waals surface area contributed by atoms with Gasteiger partial charge in [-0.25, -0.2) is 4.79 Å². The zero-order valence-electron chi connectivity index (χ0n) is 18.5. The van der Waals surface area contributed by atoms with Gasteiger partial charge in [-0.05, 0) is 54.3 Å². The second-order valence-electron chi connectivity index (χ2n) is 8.84. The van der Waals surface area contributed by atoms with E-state index in [-0.39, 0.29) is 33.0 Å². The SMILES string of the molecule is O=C(NC(Cc1ccc(N2C(=O)C3(CC3)c3cccc(Cl)c32)cc1)C(=O)O)c1c(Cl)cc(Cl)cc1Cl. The molecular formula is C26H18Cl4N2O4. The molecule has 36 heavy (non-hydrogen) atoms. The van der Waals surface area contributed by atoms with Gasteiger partial charge in [0.25, 0.3) is 5.91 Å². The van der Waals surface area contributed by atoms with E-state index in [9.17, 15) is 19.5 Å². The minimum atomic E-state index is -1.25. The fraction of sp³-hybridized carbons (Fsp3) is 0.192. The molecule has 1 heterocycles. The second kappa shape index (κ2) is 9.27. The van der Waals surface area contributed by atoms with Gasteiger partial charge < -0.3 is 10.4 Å². The number of carbonyl (C=O) groups is 3. The molecule has 1 atom stereocenters. The van der Waals surface area contributed by atoms with E-state index in [1.54, 1.807) is 35.2 Å². The Morgan fingerprint density at radius 3 is 2.19 bits per heavy atom. The van der Waals surface area contributed by atoms with Gasteiger partial charge in [0.2, 0.25) is 5.91 Å². The number of nitrogens with zero attached hydrogens (tertiary/aromatic N) is 1. The number of para-hydroxylation sites is 1. The third-order valence-electron chi connectivity index (χ3n) is 6.56. The lowest BCUT2D eigenvalue weighted by Gasteiger charge is -2.20. The number of hydrogen-bond donors (Lipinski definition) is 2. The third kappa shape index (κ3) is 4.22. The van der Waals surface area contributed by atoms with Crippen LogP contribution in [0.3, 0.4) is 0 Å². The van der Waals surface area contributed by atoms with Crippen molar-refractivity contribution in [2.45, 2.75) is 30.7 Å². The van der Waals surface area contributed by atoms with Crippen LogP contribution in [0.5, 0.6) is 0 Å². The molecule has 0 radical (unpaired) electrons. The molecule has 184 valence electrons. The molecule has 0 aromatic heterocycles. The average molecular weight is 564 g/mol. The standard InChI is InChI=1S/C26H18Cl4N2O4/c27-14-11-18(29)21(19(30)12-14)23(33)31-20(24(34)35)10-13-4-6-15(7-5-13)32-22-16(2-1-3-17(22)28)26(8-9-26)25(32)36/h1-7,11-12,20H,8-10H2,(H,31,33)(H,34,35). The van der Waals surface area contributed by atoms with Crippen molar-refractivity contribution in [3.63, 3.8) is 0 Å². The van der Waals surface area contributed by atoms with E-state index in [0.717, 1.165) is 18.4 Å². The predicted molar refractivity (Wildman–Crippen MR) is 140 cm³/mol. The van der Waals surface area contributed by atoms with E-state index in [0.29, 0.717) is 22.0 Å². The Balaban J connectivity index is 1.36. The van der Waals surface area contributed by atoms with Gasteiger partial charge in [0.05, 0.1) is 31.7 Å². The summed E-state index contributed by atoms with van der Waals surface area (Å²) in [5, 5.41) is 13.0. The normalized spacial score (nSPS) is 16.1. The van der Waals surface area contributed by atoms with Gasteiger partial charge in [-0.3, -0.25) is 14.5 Å². The number of carboxylic acid groups (broad SMARTS) is 1. The molecule has 2 amide bonds. The summed E-state index contributed by atoms with van der Waals surface area (Å²) >= 11 is 24.6. The number of rotatable bonds is 6. The van der Waals surface area contributed by atoms with Gasteiger partial charge in [-0.15, -0.1) is 0 Å². The van der Waals surface area contributed by atoms with Crippen molar-refractivity contribution in [2.75, 3.05) is 4.90 Å². The van der Waals surface area contributed by atoms with Crippen LogP contribution in [-0.4, -0.2) is 28.9 Å². The van der Waals surface area contributed by atoms with Crippen LogP contribution in [0.1, 0.15) is 34.3 Å². The number of nitrogens with one attached hydrogen (secondary N) is 1. The Hall–Kier alpha value is -2.77. The molecule has 10 heteroatoms. The molecule has 6 nitrogen and oxygen atoms in total. The average Bonchev–Trinajstić information content (AvgIpc) is 3.57. The molecule has 1 unspecified atom stereocenters. The van der Waals surface area contributed by atoms with E-state index in [1.165, 1.54) is 12.1 Å². The van der Waals surface area contributed by atoms with Crippen molar-refractivity contribution < 1.29 is 19.5 Å². The zero-order chi connectivity index (χ0) is 25.8. The van der Waals surface area contributed by atoms with Gasteiger partial charge in [-0.2, -0.15) is 0 Å². The van der Waals surface area contributed by atoms with Crippen LogP contribution in [0, 0.1) is 0 Å². The minimum absolute atomic E-state index is 0.000587. The highest BCUT2D eigenvalue weighted by Gasteiger charge is 2.60. The summed E-state index contributed by atoms with van der Waals surface area (Å²) in [5.74, 6) is -1.96. The molecule has 1 aliphatic heterocycles. The number of hydrogen-bond acceptors (Lipinski definition) is 3. The van der Waals surface area contributed by atoms with Crippen LogP contribution < -0.4 is 10.2 Å². The summed E-state index contributed by atoms with van der Waals surface area (Å²) in [6.07, 6.45) is 1.57. The molecule has 5 rings (SSSR count). The van der Waals surface area contributed by atoms with E-state index >= 15 is 0 Å². The quantitative estimate of drug-likeness (QED) is 0.361. The van der Waals surface area contributed by atoms with Crippen LogP contribution in [0.25, 0.3) is 0 Å². The summed E-state index contributed by atoms with van der Waals surface area (Å²) in [6.45, 7) is 0. The summed E-state index contributed by atoms with van der Waals surface area (Å²) in [6, 6.07) is 14.0. The van der Waals surface area contributed by atoms with Gasteiger partial charge in [0.15, 0.2) is 0 Å². The Morgan fingerprint density at radius 1 is 0.972 bits per heavy atom. The molecule has 1 fully saturated rings. The number of aliphatic carboxylic acids is 1.